The summed E-state index contributed by atoms with van der Waals surface area (Å²) in [4.78, 5) is 15.9. The summed E-state index contributed by atoms with van der Waals surface area (Å²) < 4.78 is 5.20. The molecule has 0 unspecified atom stereocenters. The van der Waals surface area contributed by atoms with Crippen molar-refractivity contribution in [1.82, 2.24) is 4.98 Å². The zero-order chi connectivity index (χ0) is 12.3. The van der Waals surface area contributed by atoms with Gasteiger partial charge in [0.1, 0.15) is 5.82 Å². The molecule has 1 aliphatic heterocycles. The van der Waals surface area contributed by atoms with Crippen molar-refractivity contribution in [2.75, 3.05) is 18.5 Å². The minimum absolute atomic E-state index is 0.0139. The van der Waals surface area contributed by atoms with Crippen molar-refractivity contribution in [3.8, 4) is 0 Å². The molecule has 2 heterocycles. The zero-order valence-electron chi connectivity index (χ0n) is 9.08. The van der Waals surface area contributed by atoms with Crippen LogP contribution in [0, 0.1) is 5.92 Å². The highest BCUT2D eigenvalue weighted by molar-refractivity contribution is 6.42. The maximum Gasteiger partial charge on any atom is 0.228 e. The van der Waals surface area contributed by atoms with Crippen molar-refractivity contribution in [1.29, 1.82) is 0 Å². The molecule has 1 amide bonds. The Morgan fingerprint density at radius 1 is 1.35 bits per heavy atom. The lowest BCUT2D eigenvalue weighted by molar-refractivity contribution is -0.122. The summed E-state index contributed by atoms with van der Waals surface area (Å²) >= 11 is 11.6. The number of hydrogen-bond acceptors (Lipinski definition) is 3. The van der Waals surface area contributed by atoms with E-state index in [0.717, 1.165) is 12.8 Å². The fourth-order valence-corrected chi connectivity index (χ4v) is 1.93. The number of anilines is 1. The minimum atomic E-state index is -0.0424. The highest BCUT2D eigenvalue weighted by Gasteiger charge is 2.21. The van der Waals surface area contributed by atoms with Crippen LogP contribution in [0.2, 0.25) is 10.0 Å². The van der Waals surface area contributed by atoms with Crippen molar-refractivity contribution in [2.45, 2.75) is 12.8 Å². The van der Waals surface area contributed by atoms with Gasteiger partial charge >= 0.3 is 0 Å². The summed E-state index contributed by atoms with van der Waals surface area (Å²) in [6.45, 7) is 1.26. The number of ether oxygens (including phenoxy) is 1. The van der Waals surface area contributed by atoms with Gasteiger partial charge in [-0.3, -0.25) is 4.79 Å². The fourth-order valence-electron chi connectivity index (χ4n) is 1.67. The lowest BCUT2D eigenvalue weighted by Gasteiger charge is -2.20. The van der Waals surface area contributed by atoms with Gasteiger partial charge in [0.2, 0.25) is 5.91 Å². The smallest absolute Gasteiger partial charge is 0.228 e. The molecule has 92 valence electrons. The molecule has 1 aromatic heterocycles. The first-order valence-electron chi connectivity index (χ1n) is 5.36. The van der Waals surface area contributed by atoms with Gasteiger partial charge in [0.15, 0.2) is 0 Å². The number of aromatic nitrogens is 1. The highest BCUT2D eigenvalue weighted by Crippen LogP contribution is 2.23. The average molecular weight is 275 g/mol. The Labute approximate surface area is 109 Å². The summed E-state index contributed by atoms with van der Waals surface area (Å²) in [6.07, 6.45) is 2.91. The number of rotatable bonds is 2. The van der Waals surface area contributed by atoms with E-state index in [9.17, 15) is 4.79 Å². The van der Waals surface area contributed by atoms with Crippen molar-refractivity contribution < 1.29 is 9.53 Å². The molecular weight excluding hydrogens is 263 g/mol. The average Bonchev–Trinajstić information content (AvgIpc) is 2.35. The molecule has 1 aliphatic rings. The summed E-state index contributed by atoms with van der Waals surface area (Å²) in [7, 11) is 0. The summed E-state index contributed by atoms with van der Waals surface area (Å²) in [5.74, 6) is 0.370. The van der Waals surface area contributed by atoms with Crippen LogP contribution in [-0.2, 0) is 9.53 Å². The molecule has 1 N–H and O–H groups in total. The van der Waals surface area contributed by atoms with Crippen LogP contribution >= 0.6 is 23.2 Å². The second-order valence-electron chi connectivity index (χ2n) is 3.86. The second kappa shape index (κ2) is 5.67. The molecule has 2 rings (SSSR count). The molecule has 17 heavy (non-hydrogen) atoms. The number of hydrogen-bond donors (Lipinski definition) is 1. The molecule has 1 saturated heterocycles. The number of halogens is 2. The largest absolute Gasteiger partial charge is 0.381 e. The quantitative estimate of drug-likeness (QED) is 0.902. The number of nitrogens with zero attached hydrogens (tertiary/aromatic N) is 1. The van der Waals surface area contributed by atoms with E-state index in [1.54, 1.807) is 6.07 Å². The topological polar surface area (TPSA) is 51.2 Å². The Morgan fingerprint density at radius 2 is 2.06 bits per heavy atom. The third-order valence-electron chi connectivity index (χ3n) is 2.65. The van der Waals surface area contributed by atoms with Crippen LogP contribution < -0.4 is 5.32 Å². The van der Waals surface area contributed by atoms with Crippen LogP contribution in [0.25, 0.3) is 0 Å². The Hall–Kier alpha value is -0.840. The lowest BCUT2D eigenvalue weighted by Crippen LogP contribution is -2.28. The van der Waals surface area contributed by atoms with Crippen LogP contribution in [0.3, 0.4) is 0 Å². The third kappa shape index (κ3) is 3.31. The van der Waals surface area contributed by atoms with E-state index >= 15 is 0 Å². The van der Waals surface area contributed by atoms with Crippen LogP contribution in [0.4, 0.5) is 5.82 Å². The van der Waals surface area contributed by atoms with Crippen LogP contribution in [0.5, 0.6) is 0 Å². The highest BCUT2D eigenvalue weighted by atomic mass is 35.5. The fraction of sp³-hybridized carbons (Fsp3) is 0.455. The van der Waals surface area contributed by atoms with E-state index in [1.165, 1.54) is 6.20 Å². The summed E-state index contributed by atoms with van der Waals surface area (Å²) in [6, 6.07) is 1.54. The van der Waals surface area contributed by atoms with Crippen LogP contribution in [0.15, 0.2) is 12.3 Å². The summed E-state index contributed by atoms with van der Waals surface area (Å²) in [5, 5.41) is 3.48. The number of carbonyl (C=O) groups excluding carboxylic acids is 1. The van der Waals surface area contributed by atoms with E-state index < -0.39 is 0 Å². The molecule has 0 atom stereocenters. The van der Waals surface area contributed by atoms with E-state index in [1.807, 2.05) is 0 Å². The summed E-state index contributed by atoms with van der Waals surface area (Å²) in [5.41, 5.74) is 0. The Bertz CT molecular complexity index is 420. The predicted octanol–water partition coefficient (Wildman–Crippen LogP) is 2.75. The van der Waals surface area contributed by atoms with Crippen molar-refractivity contribution in [3.05, 3.63) is 22.3 Å². The standard InChI is InChI=1S/C11H12Cl2N2O2/c12-8-5-10(14-6-9(8)13)15-11(16)7-1-3-17-4-2-7/h5-7H,1-4H2,(H,14,15,16). The molecule has 0 aromatic carbocycles. The first kappa shape index (κ1) is 12.6. The number of carbonyl (C=O) groups is 1. The van der Waals surface area contributed by atoms with E-state index in [-0.39, 0.29) is 11.8 Å². The number of pyridine rings is 1. The number of amides is 1. The lowest BCUT2D eigenvalue weighted by atomic mass is 9.99. The molecule has 1 aromatic rings. The zero-order valence-corrected chi connectivity index (χ0v) is 10.6. The molecular formula is C11H12Cl2N2O2. The van der Waals surface area contributed by atoms with Gasteiger partial charge in [-0.15, -0.1) is 0 Å². The van der Waals surface area contributed by atoms with Crippen molar-refractivity contribution in [2.24, 2.45) is 5.92 Å². The molecule has 6 heteroatoms. The molecule has 4 nitrogen and oxygen atoms in total. The van der Waals surface area contributed by atoms with Crippen LogP contribution in [-0.4, -0.2) is 24.1 Å². The molecule has 0 spiro atoms. The third-order valence-corrected chi connectivity index (χ3v) is 3.36. The maximum atomic E-state index is 11.9. The molecule has 0 bridgehead atoms. The first-order chi connectivity index (χ1) is 8.16. The van der Waals surface area contributed by atoms with Gasteiger partial charge in [0.25, 0.3) is 0 Å². The number of nitrogens with one attached hydrogen (secondary N) is 1. The monoisotopic (exact) mass is 274 g/mol. The first-order valence-corrected chi connectivity index (χ1v) is 6.12. The van der Waals surface area contributed by atoms with E-state index in [0.29, 0.717) is 29.1 Å². The van der Waals surface area contributed by atoms with Crippen LogP contribution in [0.1, 0.15) is 12.8 Å². The molecule has 1 fully saturated rings. The van der Waals surface area contributed by atoms with Gasteiger partial charge in [-0.25, -0.2) is 4.98 Å². The second-order valence-corrected chi connectivity index (χ2v) is 4.67. The van der Waals surface area contributed by atoms with Gasteiger partial charge in [-0.1, -0.05) is 23.2 Å². The van der Waals surface area contributed by atoms with Crippen molar-refractivity contribution in [3.63, 3.8) is 0 Å². The molecule has 0 radical (unpaired) electrons. The molecule has 0 aliphatic carbocycles. The van der Waals surface area contributed by atoms with Gasteiger partial charge in [-0.2, -0.15) is 0 Å². The van der Waals surface area contributed by atoms with Gasteiger partial charge in [0.05, 0.1) is 10.0 Å². The minimum Gasteiger partial charge on any atom is -0.381 e. The van der Waals surface area contributed by atoms with Gasteiger partial charge in [-0.05, 0) is 12.8 Å². The Balaban J connectivity index is 1.99. The maximum absolute atomic E-state index is 11.9. The Kier molecular flexibility index (Phi) is 4.20. The van der Waals surface area contributed by atoms with Gasteiger partial charge < -0.3 is 10.1 Å². The Morgan fingerprint density at radius 3 is 2.71 bits per heavy atom. The SMILES string of the molecule is O=C(Nc1cc(Cl)c(Cl)cn1)C1CCOCC1. The molecule has 0 saturated carbocycles. The van der Waals surface area contributed by atoms with E-state index in [4.69, 9.17) is 27.9 Å². The normalized spacial score (nSPS) is 16.8. The van der Waals surface area contributed by atoms with E-state index in [2.05, 4.69) is 10.3 Å². The van der Waals surface area contributed by atoms with Crippen molar-refractivity contribution >= 4 is 34.9 Å². The van der Waals surface area contributed by atoms with Gasteiger partial charge in [0, 0.05) is 31.4 Å². The predicted molar refractivity (Wildman–Crippen MR) is 66.4 cm³/mol.